The van der Waals surface area contributed by atoms with Crippen LogP contribution < -0.4 is 14.5 Å². The summed E-state index contributed by atoms with van der Waals surface area (Å²) in [5.74, 6) is -1.63. The van der Waals surface area contributed by atoms with E-state index in [-0.39, 0.29) is 44.0 Å². The average Bonchev–Trinajstić information content (AvgIpc) is 3.66. The van der Waals surface area contributed by atoms with Gasteiger partial charge in [-0.15, -0.1) is 13.2 Å². The second-order valence-electron chi connectivity index (χ2n) is 11.8. The number of carbonyl (C=O) groups is 3. The lowest BCUT2D eigenvalue weighted by molar-refractivity contribution is -0.146. The molecule has 9 nitrogen and oxygen atoms in total. The van der Waals surface area contributed by atoms with Crippen LogP contribution in [0.1, 0.15) is 39.0 Å². The molecule has 9 heteroatoms. The van der Waals surface area contributed by atoms with Crippen molar-refractivity contribution in [1.82, 2.24) is 4.90 Å². The molecule has 2 aromatic rings. The zero-order chi connectivity index (χ0) is 31.5. The Labute approximate surface area is 259 Å². The standard InChI is InChI=1S/C35H43N3O6/c1-5-21-36(25-13-9-8-10-14-25)31(40)28-29-32(41)38(23-11-12-24-39)30(35(29)20-19-34(28,7-3)44-35)33(42)37(22-6-2)26-15-17-27(43-4)18-16-26/h5-6,8-10,13-18,28-30,39H,1-2,7,11-12,19-24H2,3-4H3/t28-,29+,30?,34+,35?/m1/s1. The minimum Gasteiger partial charge on any atom is -0.497 e. The molecule has 0 saturated carbocycles. The molecule has 44 heavy (non-hydrogen) atoms. The summed E-state index contributed by atoms with van der Waals surface area (Å²) in [6.45, 7) is 10.5. The van der Waals surface area contributed by atoms with Gasteiger partial charge in [0, 0.05) is 37.6 Å². The lowest BCUT2D eigenvalue weighted by Crippen LogP contribution is -2.56. The van der Waals surface area contributed by atoms with Crippen molar-refractivity contribution in [3.05, 3.63) is 79.9 Å². The van der Waals surface area contributed by atoms with E-state index in [1.54, 1.807) is 46.1 Å². The predicted molar refractivity (Wildman–Crippen MR) is 169 cm³/mol. The molecule has 234 valence electrons. The highest BCUT2D eigenvalue weighted by Gasteiger charge is 2.79. The van der Waals surface area contributed by atoms with Crippen molar-refractivity contribution in [1.29, 1.82) is 0 Å². The molecule has 3 heterocycles. The maximum atomic E-state index is 14.7. The molecule has 3 aliphatic heterocycles. The topological polar surface area (TPSA) is 99.6 Å². The van der Waals surface area contributed by atoms with E-state index in [9.17, 15) is 19.5 Å². The van der Waals surface area contributed by atoms with Crippen LogP contribution in [0, 0.1) is 11.8 Å². The molecular weight excluding hydrogens is 558 g/mol. The number of para-hydroxylation sites is 1. The Morgan fingerprint density at radius 3 is 2.23 bits per heavy atom. The monoisotopic (exact) mass is 601 g/mol. The summed E-state index contributed by atoms with van der Waals surface area (Å²) < 4.78 is 12.3. The fraction of sp³-hybridized carbons (Fsp3) is 0.457. The average molecular weight is 602 g/mol. The Morgan fingerprint density at radius 2 is 1.64 bits per heavy atom. The van der Waals surface area contributed by atoms with E-state index < -0.39 is 29.1 Å². The molecule has 0 aromatic heterocycles. The van der Waals surface area contributed by atoms with Crippen LogP contribution >= 0.6 is 0 Å². The smallest absolute Gasteiger partial charge is 0.253 e. The highest BCUT2D eigenvalue weighted by molar-refractivity contribution is 6.06. The number of nitrogens with zero attached hydrogens (tertiary/aromatic N) is 3. The van der Waals surface area contributed by atoms with Crippen molar-refractivity contribution in [2.24, 2.45) is 11.8 Å². The number of hydrogen-bond acceptors (Lipinski definition) is 6. The third-order valence-electron chi connectivity index (χ3n) is 9.60. The van der Waals surface area contributed by atoms with E-state index in [2.05, 4.69) is 13.2 Å². The minimum atomic E-state index is -1.16. The molecule has 5 atom stereocenters. The first-order valence-electron chi connectivity index (χ1n) is 15.5. The number of carbonyl (C=O) groups excluding carboxylic acids is 3. The Kier molecular flexibility index (Phi) is 9.27. The van der Waals surface area contributed by atoms with Gasteiger partial charge in [0.1, 0.15) is 17.4 Å². The zero-order valence-corrected chi connectivity index (χ0v) is 25.7. The number of methoxy groups -OCH3 is 1. The summed E-state index contributed by atoms with van der Waals surface area (Å²) >= 11 is 0. The first-order valence-corrected chi connectivity index (χ1v) is 15.5. The number of likely N-dealkylation sites (tertiary alicyclic amines) is 1. The van der Waals surface area contributed by atoms with E-state index in [0.29, 0.717) is 43.5 Å². The molecule has 2 unspecified atom stereocenters. The Bertz CT molecular complexity index is 1380. The lowest BCUT2D eigenvalue weighted by atomic mass is 9.64. The molecule has 3 aliphatic rings. The van der Waals surface area contributed by atoms with Crippen LogP contribution in [-0.4, -0.2) is 78.3 Å². The quantitative estimate of drug-likeness (QED) is 0.255. The van der Waals surface area contributed by atoms with Gasteiger partial charge in [-0.3, -0.25) is 14.4 Å². The molecule has 3 amide bonds. The van der Waals surface area contributed by atoms with Crippen molar-refractivity contribution in [2.75, 3.05) is 43.2 Å². The van der Waals surface area contributed by atoms with Gasteiger partial charge in [-0.2, -0.15) is 0 Å². The summed E-state index contributed by atoms with van der Waals surface area (Å²) in [5.41, 5.74) is -0.670. The van der Waals surface area contributed by atoms with Gasteiger partial charge >= 0.3 is 0 Å². The first-order chi connectivity index (χ1) is 21.3. The van der Waals surface area contributed by atoms with Crippen molar-refractivity contribution in [2.45, 2.75) is 56.3 Å². The molecule has 3 saturated heterocycles. The van der Waals surface area contributed by atoms with E-state index in [1.165, 1.54) is 0 Å². The lowest BCUT2D eigenvalue weighted by Gasteiger charge is -2.37. The van der Waals surface area contributed by atoms with Gasteiger partial charge < -0.3 is 29.3 Å². The number of hydrogen-bond donors (Lipinski definition) is 1. The van der Waals surface area contributed by atoms with Gasteiger partial charge in [0.2, 0.25) is 11.8 Å². The van der Waals surface area contributed by atoms with Gasteiger partial charge in [0.05, 0.1) is 24.5 Å². The molecule has 3 fully saturated rings. The molecular formula is C35H43N3O6. The maximum absolute atomic E-state index is 14.7. The van der Waals surface area contributed by atoms with E-state index in [4.69, 9.17) is 9.47 Å². The summed E-state index contributed by atoms with van der Waals surface area (Å²) in [5, 5.41) is 9.51. The highest BCUT2D eigenvalue weighted by atomic mass is 16.5. The van der Waals surface area contributed by atoms with Gasteiger partial charge in [-0.05, 0) is 68.5 Å². The molecule has 5 rings (SSSR count). The number of anilines is 2. The number of aliphatic hydroxyl groups is 1. The highest BCUT2D eigenvalue weighted by Crippen LogP contribution is 2.64. The van der Waals surface area contributed by atoms with Crippen LogP contribution in [0.15, 0.2) is 79.9 Å². The van der Waals surface area contributed by atoms with E-state index >= 15 is 0 Å². The van der Waals surface area contributed by atoms with Gasteiger partial charge in [0.15, 0.2) is 0 Å². The minimum absolute atomic E-state index is 0.0200. The Hall–Kier alpha value is -3.95. The fourth-order valence-electron chi connectivity index (χ4n) is 7.60. The molecule has 2 bridgehead atoms. The van der Waals surface area contributed by atoms with Crippen molar-refractivity contribution >= 4 is 29.1 Å². The number of aliphatic hydroxyl groups excluding tert-OH is 1. The van der Waals surface area contributed by atoms with Crippen LogP contribution in [0.4, 0.5) is 11.4 Å². The van der Waals surface area contributed by atoms with Crippen LogP contribution in [0.3, 0.4) is 0 Å². The molecule has 1 spiro atoms. The van der Waals surface area contributed by atoms with Crippen LogP contribution in [0.25, 0.3) is 0 Å². The fourth-order valence-corrected chi connectivity index (χ4v) is 7.60. The van der Waals surface area contributed by atoms with Crippen LogP contribution in [0.5, 0.6) is 5.75 Å². The van der Waals surface area contributed by atoms with E-state index in [1.807, 2.05) is 49.4 Å². The Balaban J connectivity index is 1.59. The third-order valence-corrected chi connectivity index (χ3v) is 9.60. The van der Waals surface area contributed by atoms with Crippen LogP contribution in [-0.2, 0) is 19.1 Å². The number of benzene rings is 2. The third kappa shape index (κ3) is 5.12. The summed E-state index contributed by atoms with van der Waals surface area (Å²) in [6.07, 6.45) is 5.93. The predicted octanol–water partition coefficient (Wildman–Crippen LogP) is 4.36. The first kappa shape index (κ1) is 31.5. The number of amides is 3. The second-order valence-corrected chi connectivity index (χ2v) is 11.8. The summed E-state index contributed by atoms with van der Waals surface area (Å²) in [4.78, 5) is 48.8. The van der Waals surface area contributed by atoms with Crippen molar-refractivity contribution in [3.8, 4) is 5.75 Å². The SMILES string of the molecule is C=CCN(C(=O)C1N(CCCCO)C(=O)[C@@H]2[C@H](C(=O)N(CC=C)c3ccccc3)[C@]3(CC)CCC12O3)c1ccc(OC)cc1. The van der Waals surface area contributed by atoms with Crippen molar-refractivity contribution < 1.29 is 29.0 Å². The summed E-state index contributed by atoms with van der Waals surface area (Å²) in [7, 11) is 1.58. The second kappa shape index (κ2) is 13.0. The number of ether oxygens (including phenoxy) is 2. The summed E-state index contributed by atoms with van der Waals surface area (Å²) in [6, 6.07) is 15.6. The number of unbranched alkanes of at least 4 members (excludes halogenated alkanes) is 1. The van der Waals surface area contributed by atoms with E-state index in [0.717, 1.165) is 5.69 Å². The van der Waals surface area contributed by atoms with Gasteiger partial charge in [-0.1, -0.05) is 37.3 Å². The molecule has 0 radical (unpaired) electrons. The van der Waals surface area contributed by atoms with Crippen LogP contribution in [0.2, 0.25) is 0 Å². The number of rotatable bonds is 14. The Morgan fingerprint density at radius 1 is 1.00 bits per heavy atom. The number of fused-ring (bicyclic) bond motifs is 1. The zero-order valence-electron chi connectivity index (χ0n) is 25.7. The normalized spacial score (nSPS) is 26.8. The molecule has 2 aromatic carbocycles. The van der Waals surface area contributed by atoms with Gasteiger partial charge in [-0.25, -0.2) is 0 Å². The van der Waals surface area contributed by atoms with Crippen molar-refractivity contribution in [3.63, 3.8) is 0 Å². The maximum Gasteiger partial charge on any atom is 0.253 e. The molecule has 1 N–H and O–H groups in total. The largest absolute Gasteiger partial charge is 0.497 e. The van der Waals surface area contributed by atoms with Gasteiger partial charge in [0.25, 0.3) is 5.91 Å². The molecule has 0 aliphatic carbocycles.